The minimum absolute atomic E-state index is 0.0614. The standard InChI is InChI=1S/C16H24ClNO/c1-4-5-6-7-11-18-15(19)16(2,3)13-9-8-10-14(17)12-13/h8-10,12H,4-7,11H2,1-3H3,(H,18,19). The van der Waals surface area contributed by atoms with Crippen molar-refractivity contribution in [1.29, 1.82) is 0 Å². The van der Waals surface area contributed by atoms with Crippen molar-refractivity contribution >= 4 is 17.5 Å². The van der Waals surface area contributed by atoms with Gasteiger partial charge in [-0.05, 0) is 38.0 Å². The fourth-order valence-electron chi connectivity index (χ4n) is 1.98. The summed E-state index contributed by atoms with van der Waals surface area (Å²) in [4.78, 5) is 12.3. The van der Waals surface area contributed by atoms with Gasteiger partial charge in [0.25, 0.3) is 0 Å². The molecule has 0 saturated heterocycles. The first-order chi connectivity index (χ1) is 8.98. The average Bonchev–Trinajstić information content (AvgIpc) is 2.38. The lowest BCUT2D eigenvalue weighted by Gasteiger charge is -2.24. The summed E-state index contributed by atoms with van der Waals surface area (Å²) < 4.78 is 0. The van der Waals surface area contributed by atoms with Crippen molar-refractivity contribution in [1.82, 2.24) is 5.32 Å². The number of rotatable bonds is 7. The molecule has 106 valence electrons. The van der Waals surface area contributed by atoms with Gasteiger partial charge in [0.2, 0.25) is 5.91 Å². The van der Waals surface area contributed by atoms with E-state index in [9.17, 15) is 4.79 Å². The molecule has 2 nitrogen and oxygen atoms in total. The van der Waals surface area contributed by atoms with Crippen molar-refractivity contribution in [2.75, 3.05) is 6.54 Å². The van der Waals surface area contributed by atoms with E-state index in [0.29, 0.717) is 5.02 Å². The van der Waals surface area contributed by atoms with Gasteiger partial charge in [-0.3, -0.25) is 4.79 Å². The molecule has 1 aromatic carbocycles. The molecule has 1 rings (SSSR count). The highest BCUT2D eigenvalue weighted by atomic mass is 35.5. The van der Waals surface area contributed by atoms with Gasteiger partial charge in [0.15, 0.2) is 0 Å². The van der Waals surface area contributed by atoms with Crippen molar-refractivity contribution in [3.05, 3.63) is 34.9 Å². The Morgan fingerprint density at radius 3 is 2.63 bits per heavy atom. The molecule has 0 aliphatic heterocycles. The van der Waals surface area contributed by atoms with Crippen LogP contribution in [-0.4, -0.2) is 12.5 Å². The van der Waals surface area contributed by atoms with Crippen molar-refractivity contribution in [2.24, 2.45) is 0 Å². The molecule has 0 unspecified atom stereocenters. The summed E-state index contributed by atoms with van der Waals surface area (Å²) in [5.41, 5.74) is 0.404. The van der Waals surface area contributed by atoms with Crippen LogP contribution in [0.25, 0.3) is 0 Å². The van der Waals surface area contributed by atoms with Crippen LogP contribution in [0.1, 0.15) is 52.0 Å². The van der Waals surface area contributed by atoms with Gasteiger partial charge in [0.1, 0.15) is 0 Å². The van der Waals surface area contributed by atoms with Gasteiger partial charge < -0.3 is 5.32 Å². The molecule has 0 fully saturated rings. The van der Waals surface area contributed by atoms with Crippen molar-refractivity contribution in [3.63, 3.8) is 0 Å². The number of hydrogen-bond donors (Lipinski definition) is 1. The van der Waals surface area contributed by atoms with Crippen LogP contribution in [0.4, 0.5) is 0 Å². The van der Waals surface area contributed by atoms with Gasteiger partial charge >= 0.3 is 0 Å². The third-order valence-electron chi connectivity index (χ3n) is 3.43. The second kappa shape index (κ2) is 7.54. The number of carbonyl (C=O) groups is 1. The molecular formula is C16H24ClNO. The first-order valence-corrected chi connectivity index (χ1v) is 7.40. The average molecular weight is 282 g/mol. The molecular weight excluding hydrogens is 258 g/mol. The van der Waals surface area contributed by atoms with Gasteiger partial charge in [0.05, 0.1) is 5.41 Å². The van der Waals surface area contributed by atoms with Crippen molar-refractivity contribution in [2.45, 2.75) is 51.9 Å². The van der Waals surface area contributed by atoms with Crippen LogP contribution in [-0.2, 0) is 10.2 Å². The summed E-state index contributed by atoms with van der Waals surface area (Å²) in [5, 5.41) is 3.69. The maximum Gasteiger partial charge on any atom is 0.230 e. The van der Waals surface area contributed by atoms with E-state index in [1.54, 1.807) is 0 Å². The zero-order valence-electron chi connectivity index (χ0n) is 12.1. The van der Waals surface area contributed by atoms with Crippen LogP contribution >= 0.6 is 11.6 Å². The Balaban J connectivity index is 2.54. The number of carbonyl (C=O) groups excluding carboxylic acids is 1. The molecule has 1 N–H and O–H groups in total. The summed E-state index contributed by atoms with van der Waals surface area (Å²) in [5.74, 6) is 0.0614. The zero-order valence-corrected chi connectivity index (χ0v) is 12.9. The Morgan fingerprint density at radius 1 is 1.26 bits per heavy atom. The molecule has 19 heavy (non-hydrogen) atoms. The number of hydrogen-bond acceptors (Lipinski definition) is 1. The first-order valence-electron chi connectivity index (χ1n) is 7.03. The molecule has 0 saturated carbocycles. The lowest BCUT2D eigenvalue weighted by Crippen LogP contribution is -2.40. The second-order valence-corrected chi connectivity index (χ2v) is 5.89. The lowest BCUT2D eigenvalue weighted by atomic mass is 9.83. The topological polar surface area (TPSA) is 29.1 Å². The molecule has 0 aliphatic carbocycles. The molecule has 1 amide bonds. The number of halogens is 1. The summed E-state index contributed by atoms with van der Waals surface area (Å²) in [7, 11) is 0. The fraction of sp³-hybridized carbons (Fsp3) is 0.562. The SMILES string of the molecule is CCCCCCNC(=O)C(C)(C)c1cccc(Cl)c1. The summed E-state index contributed by atoms with van der Waals surface area (Å²) >= 11 is 5.99. The number of amides is 1. The van der Waals surface area contributed by atoms with E-state index in [-0.39, 0.29) is 5.91 Å². The highest BCUT2D eigenvalue weighted by Gasteiger charge is 2.29. The van der Waals surface area contributed by atoms with Crippen LogP contribution < -0.4 is 5.32 Å². The first kappa shape index (κ1) is 16.0. The van der Waals surface area contributed by atoms with Crippen molar-refractivity contribution < 1.29 is 4.79 Å². The molecule has 0 heterocycles. The molecule has 0 radical (unpaired) electrons. The smallest absolute Gasteiger partial charge is 0.230 e. The summed E-state index contributed by atoms with van der Waals surface area (Å²) in [6.45, 7) is 6.80. The molecule has 0 spiro atoms. The van der Waals surface area contributed by atoms with Gasteiger partial charge in [-0.2, -0.15) is 0 Å². The Kier molecular flexibility index (Phi) is 6.36. The number of benzene rings is 1. The number of nitrogens with one attached hydrogen (secondary N) is 1. The highest BCUT2D eigenvalue weighted by Crippen LogP contribution is 2.25. The minimum atomic E-state index is -0.546. The van der Waals surface area contributed by atoms with E-state index < -0.39 is 5.41 Å². The molecule has 1 aromatic rings. The molecule has 0 atom stereocenters. The molecule has 0 aliphatic rings. The third-order valence-corrected chi connectivity index (χ3v) is 3.66. The summed E-state index contributed by atoms with van der Waals surface area (Å²) in [6.07, 6.45) is 4.66. The second-order valence-electron chi connectivity index (χ2n) is 5.45. The van der Waals surface area contributed by atoms with Gasteiger partial charge in [-0.15, -0.1) is 0 Å². The zero-order chi connectivity index (χ0) is 14.3. The van der Waals surface area contributed by atoms with E-state index in [0.717, 1.165) is 18.5 Å². The third kappa shape index (κ3) is 4.87. The predicted molar refractivity (Wildman–Crippen MR) is 81.6 cm³/mol. The molecule has 0 bridgehead atoms. The Morgan fingerprint density at radius 2 is 2.00 bits per heavy atom. The lowest BCUT2D eigenvalue weighted by molar-refractivity contribution is -0.125. The fourth-order valence-corrected chi connectivity index (χ4v) is 2.17. The largest absolute Gasteiger partial charge is 0.355 e. The minimum Gasteiger partial charge on any atom is -0.355 e. The van der Waals surface area contributed by atoms with Crippen LogP contribution in [0.5, 0.6) is 0 Å². The van der Waals surface area contributed by atoms with Crippen LogP contribution in [0, 0.1) is 0 Å². The maximum absolute atomic E-state index is 12.3. The predicted octanol–water partition coefficient (Wildman–Crippen LogP) is 4.31. The van der Waals surface area contributed by atoms with Crippen LogP contribution in [0.2, 0.25) is 5.02 Å². The van der Waals surface area contributed by atoms with E-state index in [1.807, 2.05) is 38.1 Å². The van der Waals surface area contributed by atoms with Gasteiger partial charge in [0, 0.05) is 11.6 Å². The number of unbranched alkanes of at least 4 members (excludes halogenated alkanes) is 3. The Labute approximate surface area is 121 Å². The highest BCUT2D eigenvalue weighted by molar-refractivity contribution is 6.30. The summed E-state index contributed by atoms with van der Waals surface area (Å²) in [6, 6.07) is 7.51. The van der Waals surface area contributed by atoms with Gasteiger partial charge in [-0.25, -0.2) is 0 Å². The van der Waals surface area contributed by atoms with E-state index in [2.05, 4.69) is 12.2 Å². The Hall–Kier alpha value is -1.02. The van der Waals surface area contributed by atoms with E-state index >= 15 is 0 Å². The quantitative estimate of drug-likeness (QED) is 0.741. The Bertz CT molecular complexity index is 415. The molecule has 3 heteroatoms. The van der Waals surface area contributed by atoms with Crippen LogP contribution in [0.15, 0.2) is 24.3 Å². The van der Waals surface area contributed by atoms with Crippen molar-refractivity contribution in [3.8, 4) is 0 Å². The van der Waals surface area contributed by atoms with E-state index in [1.165, 1.54) is 19.3 Å². The maximum atomic E-state index is 12.3. The van der Waals surface area contributed by atoms with E-state index in [4.69, 9.17) is 11.6 Å². The monoisotopic (exact) mass is 281 g/mol. The molecule has 0 aromatic heterocycles. The van der Waals surface area contributed by atoms with Crippen LogP contribution in [0.3, 0.4) is 0 Å². The van der Waals surface area contributed by atoms with Gasteiger partial charge in [-0.1, -0.05) is 49.9 Å². The normalized spacial score (nSPS) is 11.4.